The fourth-order valence-corrected chi connectivity index (χ4v) is 4.47. The highest BCUT2D eigenvalue weighted by Gasteiger charge is 2.38. The van der Waals surface area contributed by atoms with Gasteiger partial charge in [-0.15, -0.1) is 0 Å². The molecule has 1 unspecified atom stereocenters. The number of aromatic amines is 1. The predicted octanol–water partition coefficient (Wildman–Crippen LogP) is 5.79. The average molecular weight is 458 g/mol. The molecule has 2 aromatic carbocycles. The number of rotatable bonds is 2. The highest BCUT2D eigenvalue weighted by Crippen LogP contribution is 2.41. The lowest BCUT2D eigenvalue weighted by atomic mass is 9.92. The Balaban J connectivity index is 1.71. The monoisotopic (exact) mass is 457 g/mol. The Morgan fingerprint density at radius 2 is 1.78 bits per heavy atom. The largest absolute Gasteiger partial charge is 0.451 e. The lowest BCUT2D eigenvalue weighted by molar-refractivity contribution is -0.145. The van der Waals surface area contributed by atoms with Crippen LogP contribution in [0.5, 0.6) is 0 Å². The van der Waals surface area contributed by atoms with Gasteiger partial charge in [0.05, 0.1) is 6.04 Å². The van der Waals surface area contributed by atoms with E-state index in [9.17, 15) is 13.2 Å². The minimum absolute atomic E-state index is 0.0118. The summed E-state index contributed by atoms with van der Waals surface area (Å²) in [5.74, 6) is -1.14. The minimum atomic E-state index is -4.65. The smallest absolute Gasteiger partial charge is 0.356 e. The molecule has 1 atom stereocenters. The number of nitrogens with zero attached hydrogens (tertiary/aromatic N) is 4. The second kappa shape index (κ2) is 7.48. The lowest BCUT2D eigenvalue weighted by Gasteiger charge is -2.36. The lowest BCUT2D eigenvalue weighted by Crippen LogP contribution is -2.38. The Hall–Kier alpha value is -3.13. The van der Waals surface area contributed by atoms with E-state index in [-0.39, 0.29) is 17.8 Å². The molecule has 0 bridgehead atoms. The van der Waals surface area contributed by atoms with Crippen LogP contribution < -0.4 is 4.90 Å². The number of benzene rings is 2. The molecule has 0 aliphatic carbocycles. The number of alkyl halides is 3. The van der Waals surface area contributed by atoms with Gasteiger partial charge in [-0.3, -0.25) is 0 Å². The van der Waals surface area contributed by atoms with E-state index in [4.69, 9.17) is 11.6 Å². The molecule has 0 fully saturated rings. The van der Waals surface area contributed by atoms with Crippen molar-refractivity contribution >= 4 is 28.5 Å². The summed E-state index contributed by atoms with van der Waals surface area (Å²) < 4.78 is 40.2. The van der Waals surface area contributed by atoms with Crippen LogP contribution >= 0.6 is 11.6 Å². The number of halogens is 4. The van der Waals surface area contributed by atoms with Crippen molar-refractivity contribution in [2.45, 2.75) is 32.5 Å². The molecule has 0 amide bonds. The van der Waals surface area contributed by atoms with Crippen molar-refractivity contribution in [3.05, 3.63) is 81.5 Å². The van der Waals surface area contributed by atoms with Gasteiger partial charge in [-0.2, -0.15) is 23.1 Å². The molecule has 1 aliphatic rings. The Morgan fingerprint density at radius 3 is 2.50 bits per heavy atom. The average Bonchev–Trinajstić information content (AvgIpc) is 3.10. The first kappa shape index (κ1) is 20.8. The second-order valence-corrected chi connectivity index (χ2v) is 8.40. The molecular formula is C23H19ClF3N5. The van der Waals surface area contributed by atoms with Crippen LogP contribution in [0.15, 0.2) is 42.5 Å². The summed E-state index contributed by atoms with van der Waals surface area (Å²) in [6.07, 6.45) is -4.04. The van der Waals surface area contributed by atoms with E-state index >= 15 is 0 Å². The van der Waals surface area contributed by atoms with Crippen LogP contribution in [0.2, 0.25) is 5.02 Å². The number of hydrogen-bond acceptors (Lipinski definition) is 4. The third-order valence-corrected chi connectivity index (χ3v) is 5.96. The first-order valence-corrected chi connectivity index (χ1v) is 10.5. The summed E-state index contributed by atoms with van der Waals surface area (Å²) in [7, 11) is 0. The standard InChI is InChI=1S/C23H19ClF3N5/c1-12-3-5-14(6-4-12)20-19-16(17-11-15(24)7-8-18(17)30-19)9-10-32(20)22-29-13(2)28-21(31-22)23(25,26)27/h3-8,11,20,30H,9-10H2,1-2H3. The zero-order chi connectivity index (χ0) is 22.6. The molecule has 0 saturated carbocycles. The zero-order valence-electron chi connectivity index (χ0n) is 17.3. The van der Waals surface area contributed by atoms with Gasteiger partial charge in [-0.25, -0.2) is 4.98 Å². The quantitative estimate of drug-likeness (QED) is 0.413. The number of H-pyrrole nitrogens is 1. The highest BCUT2D eigenvalue weighted by molar-refractivity contribution is 6.31. The van der Waals surface area contributed by atoms with Crippen molar-refractivity contribution in [3.8, 4) is 0 Å². The van der Waals surface area contributed by atoms with E-state index in [1.54, 1.807) is 0 Å². The molecule has 164 valence electrons. The summed E-state index contributed by atoms with van der Waals surface area (Å²) in [5, 5.41) is 1.66. The number of anilines is 1. The first-order chi connectivity index (χ1) is 15.2. The van der Waals surface area contributed by atoms with E-state index < -0.39 is 12.0 Å². The maximum atomic E-state index is 13.4. The van der Waals surface area contributed by atoms with Gasteiger partial charge in [0.25, 0.3) is 0 Å². The molecule has 1 aliphatic heterocycles. The Bertz CT molecular complexity index is 1310. The predicted molar refractivity (Wildman–Crippen MR) is 117 cm³/mol. The van der Waals surface area contributed by atoms with Crippen molar-refractivity contribution in [3.63, 3.8) is 0 Å². The number of aromatic nitrogens is 4. The van der Waals surface area contributed by atoms with Crippen LogP contribution in [0.1, 0.15) is 40.1 Å². The van der Waals surface area contributed by atoms with Crippen molar-refractivity contribution in [2.24, 2.45) is 0 Å². The molecule has 5 nitrogen and oxygen atoms in total. The molecule has 9 heteroatoms. The number of nitrogens with one attached hydrogen (secondary N) is 1. The van der Waals surface area contributed by atoms with Gasteiger partial charge in [0.1, 0.15) is 5.82 Å². The molecule has 0 spiro atoms. The van der Waals surface area contributed by atoms with Crippen LogP contribution in [0.3, 0.4) is 0 Å². The Kier molecular flexibility index (Phi) is 4.85. The number of hydrogen-bond donors (Lipinski definition) is 1. The topological polar surface area (TPSA) is 57.7 Å². The third-order valence-electron chi connectivity index (χ3n) is 5.73. The van der Waals surface area contributed by atoms with E-state index in [0.717, 1.165) is 33.3 Å². The van der Waals surface area contributed by atoms with Crippen LogP contribution in [-0.4, -0.2) is 26.5 Å². The second-order valence-electron chi connectivity index (χ2n) is 7.97. The normalized spacial score (nSPS) is 16.4. The van der Waals surface area contributed by atoms with Gasteiger partial charge in [0.2, 0.25) is 11.8 Å². The molecule has 0 saturated heterocycles. The molecule has 32 heavy (non-hydrogen) atoms. The van der Waals surface area contributed by atoms with Gasteiger partial charge in [0.15, 0.2) is 0 Å². The number of fused-ring (bicyclic) bond motifs is 3. The summed E-state index contributed by atoms with van der Waals surface area (Å²) in [6.45, 7) is 3.89. The van der Waals surface area contributed by atoms with Crippen molar-refractivity contribution in [1.82, 2.24) is 19.9 Å². The minimum Gasteiger partial charge on any atom is -0.356 e. The molecule has 0 radical (unpaired) electrons. The fraction of sp³-hybridized carbons (Fsp3) is 0.261. The van der Waals surface area contributed by atoms with Crippen molar-refractivity contribution in [1.29, 1.82) is 0 Å². The molecular weight excluding hydrogens is 439 g/mol. The van der Waals surface area contributed by atoms with E-state index in [0.29, 0.717) is 18.0 Å². The van der Waals surface area contributed by atoms with Gasteiger partial charge < -0.3 is 9.88 Å². The molecule has 4 aromatic rings. The van der Waals surface area contributed by atoms with Crippen LogP contribution in [-0.2, 0) is 12.6 Å². The molecule has 3 heterocycles. The SMILES string of the molecule is Cc1ccc(C2c3[nH]c4ccc(Cl)cc4c3CCN2c2nc(C)nc(C(F)(F)F)n2)cc1. The van der Waals surface area contributed by atoms with Crippen molar-refractivity contribution < 1.29 is 13.2 Å². The summed E-state index contributed by atoms with van der Waals surface area (Å²) in [5.41, 5.74) is 4.97. The molecule has 5 rings (SSSR count). The number of aryl methyl sites for hydroxylation is 2. The van der Waals surface area contributed by atoms with Gasteiger partial charge >= 0.3 is 6.18 Å². The van der Waals surface area contributed by atoms with Gasteiger partial charge in [-0.05, 0) is 49.6 Å². The molecule has 1 N–H and O–H groups in total. The van der Waals surface area contributed by atoms with Crippen LogP contribution in [0.4, 0.5) is 19.1 Å². The van der Waals surface area contributed by atoms with Crippen molar-refractivity contribution in [2.75, 3.05) is 11.4 Å². The highest BCUT2D eigenvalue weighted by atomic mass is 35.5. The van der Waals surface area contributed by atoms with Gasteiger partial charge in [0, 0.05) is 28.2 Å². The van der Waals surface area contributed by atoms with Crippen LogP contribution in [0, 0.1) is 13.8 Å². The fourth-order valence-electron chi connectivity index (χ4n) is 4.29. The maximum absolute atomic E-state index is 13.4. The van der Waals surface area contributed by atoms with Crippen LogP contribution in [0.25, 0.3) is 10.9 Å². The maximum Gasteiger partial charge on any atom is 0.451 e. The van der Waals surface area contributed by atoms with E-state index in [1.165, 1.54) is 6.92 Å². The summed E-state index contributed by atoms with van der Waals surface area (Å²) >= 11 is 6.23. The summed E-state index contributed by atoms with van der Waals surface area (Å²) in [4.78, 5) is 16.9. The van der Waals surface area contributed by atoms with E-state index in [1.807, 2.05) is 54.3 Å². The van der Waals surface area contributed by atoms with E-state index in [2.05, 4.69) is 19.9 Å². The summed E-state index contributed by atoms with van der Waals surface area (Å²) in [6, 6.07) is 13.2. The van der Waals surface area contributed by atoms with Gasteiger partial charge in [-0.1, -0.05) is 41.4 Å². The molecule has 2 aromatic heterocycles. The Morgan fingerprint density at radius 1 is 1.03 bits per heavy atom. The first-order valence-electron chi connectivity index (χ1n) is 10.1. The zero-order valence-corrected chi connectivity index (χ0v) is 18.1. The Labute approximate surface area is 187 Å². The third kappa shape index (κ3) is 3.58.